The highest BCUT2D eigenvalue weighted by atomic mass is 19.4. The maximum Gasteiger partial charge on any atom is 0.416 e. The number of aromatic nitrogens is 4. The Balaban J connectivity index is 1.60. The molecule has 0 radical (unpaired) electrons. The summed E-state index contributed by atoms with van der Waals surface area (Å²) in [5.74, 6) is -1.54. The molecule has 3 heterocycles. The summed E-state index contributed by atoms with van der Waals surface area (Å²) in [4.78, 5) is 12.3. The minimum absolute atomic E-state index is 0.0664. The first-order chi connectivity index (χ1) is 15.2. The molecule has 1 aromatic carbocycles. The summed E-state index contributed by atoms with van der Waals surface area (Å²) in [6.07, 6.45) is -3.37. The van der Waals surface area contributed by atoms with E-state index in [2.05, 4.69) is 25.3 Å². The van der Waals surface area contributed by atoms with E-state index in [0.717, 1.165) is 48.6 Å². The van der Waals surface area contributed by atoms with E-state index in [1.807, 2.05) is 6.92 Å². The first kappa shape index (κ1) is 21.9. The Bertz CT molecular complexity index is 1070. The SMILES string of the molecule is CCN1CCN(c2cc(C(F)(F)F)cc(Nc3ncn(-c4cc(F)cc(F)c4)n3)n2)CC1. The van der Waals surface area contributed by atoms with Crippen molar-refractivity contribution in [2.45, 2.75) is 13.1 Å². The largest absolute Gasteiger partial charge is 0.416 e. The lowest BCUT2D eigenvalue weighted by Crippen LogP contribution is -2.46. The molecule has 3 aromatic rings. The maximum atomic E-state index is 13.5. The summed E-state index contributed by atoms with van der Waals surface area (Å²) >= 11 is 0. The van der Waals surface area contributed by atoms with Crippen molar-refractivity contribution in [3.8, 4) is 5.69 Å². The summed E-state index contributed by atoms with van der Waals surface area (Å²) in [6.45, 7) is 5.48. The van der Waals surface area contributed by atoms with Gasteiger partial charge < -0.3 is 15.1 Å². The van der Waals surface area contributed by atoms with E-state index >= 15 is 0 Å². The predicted molar refractivity (Wildman–Crippen MR) is 108 cm³/mol. The Morgan fingerprint density at radius 2 is 1.66 bits per heavy atom. The minimum atomic E-state index is -4.56. The van der Waals surface area contributed by atoms with Crippen LogP contribution in [0.25, 0.3) is 5.69 Å². The van der Waals surface area contributed by atoms with Gasteiger partial charge >= 0.3 is 6.18 Å². The van der Waals surface area contributed by atoms with Gasteiger partial charge in [-0.15, -0.1) is 5.10 Å². The number of anilines is 3. The van der Waals surface area contributed by atoms with Crippen LogP contribution in [0.15, 0.2) is 36.7 Å². The molecule has 1 saturated heterocycles. The van der Waals surface area contributed by atoms with Crippen LogP contribution in [0.1, 0.15) is 12.5 Å². The number of hydrogen-bond donors (Lipinski definition) is 1. The highest BCUT2D eigenvalue weighted by Gasteiger charge is 2.32. The lowest BCUT2D eigenvalue weighted by molar-refractivity contribution is -0.137. The van der Waals surface area contributed by atoms with Crippen molar-refractivity contribution in [3.05, 3.63) is 53.9 Å². The Kier molecular flexibility index (Phi) is 5.96. The zero-order chi connectivity index (χ0) is 22.9. The average molecular weight is 453 g/mol. The third-order valence-electron chi connectivity index (χ3n) is 5.13. The number of halogens is 5. The molecule has 7 nitrogen and oxygen atoms in total. The molecule has 2 aromatic heterocycles. The van der Waals surface area contributed by atoms with Gasteiger partial charge in [0.25, 0.3) is 0 Å². The van der Waals surface area contributed by atoms with E-state index in [0.29, 0.717) is 19.2 Å². The van der Waals surface area contributed by atoms with E-state index < -0.39 is 23.4 Å². The Labute approximate surface area is 180 Å². The van der Waals surface area contributed by atoms with Gasteiger partial charge in [0.15, 0.2) is 0 Å². The Morgan fingerprint density at radius 1 is 0.969 bits per heavy atom. The van der Waals surface area contributed by atoms with Gasteiger partial charge in [-0.2, -0.15) is 18.2 Å². The van der Waals surface area contributed by atoms with E-state index in [1.165, 1.54) is 6.33 Å². The number of hydrogen-bond acceptors (Lipinski definition) is 6. The summed E-state index contributed by atoms with van der Waals surface area (Å²) < 4.78 is 68.5. The van der Waals surface area contributed by atoms with Gasteiger partial charge in [0.1, 0.15) is 29.6 Å². The van der Waals surface area contributed by atoms with Crippen molar-refractivity contribution >= 4 is 17.6 Å². The lowest BCUT2D eigenvalue weighted by atomic mass is 10.2. The first-order valence-electron chi connectivity index (χ1n) is 9.93. The molecule has 1 N–H and O–H groups in total. The van der Waals surface area contributed by atoms with Crippen LogP contribution in [0.5, 0.6) is 0 Å². The molecule has 12 heteroatoms. The van der Waals surface area contributed by atoms with Crippen LogP contribution in [0.2, 0.25) is 0 Å². The molecule has 4 rings (SSSR count). The lowest BCUT2D eigenvalue weighted by Gasteiger charge is -2.35. The molecular weight excluding hydrogens is 433 g/mol. The molecule has 0 bridgehead atoms. The smallest absolute Gasteiger partial charge is 0.354 e. The van der Waals surface area contributed by atoms with Gasteiger partial charge in [0.2, 0.25) is 5.95 Å². The second-order valence-electron chi connectivity index (χ2n) is 7.28. The highest BCUT2D eigenvalue weighted by molar-refractivity contribution is 5.56. The molecule has 0 aliphatic carbocycles. The van der Waals surface area contributed by atoms with Crippen LogP contribution in [0, 0.1) is 11.6 Å². The third kappa shape index (κ3) is 4.96. The van der Waals surface area contributed by atoms with Gasteiger partial charge in [0.05, 0.1) is 11.3 Å². The van der Waals surface area contributed by atoms with Gasteiger partial charge in [0, 0.05) is 32.2 Å². The van der Waals surface area contributed by atoms with E-state index in [9.17, 15) is 22.0 Å². The second kappa shape index (κ2) is 8.69. The van der Waals surface area contributed by atoms with E-state index in [4.69, 9.17) is 0 Å². The molecule has 0 amide bonds. The number of alkyl halides is 3. The first-order valence-corrected chi connectivity index (χ1v) is 9.93. The van der Waals surface area contributed by atoms with Crippen LogP contribution >= 0.6 is 0 Å². The number of piperazine rings is 1. The number of rotatable bonds is 5. The molecule has 0 saturated carbocycles. The molecule has 0 unspecified atom stereocenters. The van der Waals surface area contributed by atoms with Crippen molar-refractivity contribution in [3.63, 3.8) is 0 Å². The predicted octanol–water partition coefficient (Wildman–Crippen LogP) is 3.84. The van der Waals surface area contributed by atoms with Crippen molar-refractivity contribution in [2.24, 2.45) is 0 Å². The normalized spacial score (nSPS) is 15.2. The van der Waals surface area contributed by atoms with Gasteiger partial charge in [-0.05, 0) is 30.8 Å². The van der Waals surface area contributed by atoms with Gasteiger partial charge in [-0.25, -0.2) is 18.4 Å². The van der Waals surface area contributed by atoms with E-state index in [1.54, 1.807) is 4.90 Å². The Morgan fingerprint density at radius 3 is 2.28 bits per heavy atom. The molecule has 1 aliphatic rings. The highest BCUT2D eigenvalue weighted by Crippen LogP contribution is 2.33. The molecule has 1 aliphatic heterocycles. The monoisotopic (exact) mass is 453 g/mol. The maximum absolute atomic E-state index is 13.5. The second-order valence-corrected chi connectivity index (χ2v) is 7.28. The van der Waals surface area contributed by atoms with Crippen molar-refractivity contribution in [1.82, 2.24) is 24.6 Å². The van der Waals surface area contributed by atoms with Crippen LogP contribution in [0.4, 0.5) is 39.5 Å². The summed E-state index contributed by atoms with van der Waals surface area (Å²) in [7, 11) is 0. The third-order valence-corrected chi connectivity index (χ3v) is 5.13. The Hall–Kier alpha value is -3.28. The fraction of sp³-hybridized carbons (Fsp3) is 0.350. The zero-order valence-corrected chi connectivity index (χ0v) is 17.1. The number of pyridine rings is 1. The molecule has 170 valence electrons. The minimum Gasteiger partial charge on any atom is -0.354 e. The van der Waals surface area contributed by atoms with Crippen LogP contribution in [-0.2, 0) is 6.18 Å². The van der Waals surface area contributed by atoms with Crippen LogP contribution < -0.4 is 10.2 Å². The van der Waals surface area contributed by atoms with Crippen LogP contribution in [0.3, 0.4) is 0 Å². The standard InChI is InChI=1S/C20H20F5N7/c1-2-30-3-5-31(6-4-30)18-8-13(20(23,24)25)7-17(27-18)28-19-26-12-32(29-19)16-10-14(21)9-15(22)11-16/h7-12H,2-6H2,1H3,(H,27,28,29). The number of nitrogens with one attached hydrogen (secondary N) is 1. The van der Waals surface area contributed by atoms with E-state index in [-0.39, 0.29) is 23.3 Å². The molecular formula is C20H20F5N7. The van der Waals surface area contributed by atoms with Crippen LogP contribution in [-0.4, -0.2) is 57.4 Å². The quantitative estimate of drug-likeness (QED) is 0.593. The molecule has 32 heavy (non-hydrogen) atoms. The zero-order valence-electron chi connectivity index (χ0n) is 17.1. The number of likely N-dealkylation sites (N-methyl/N-ethyl adjacent to an activating group) is 1. The molecule has 1 fully saturated rings. The molecule has 0 atom stereocenters. The van der Waals surface area contributed by atoms with Gasteiger partial charge in [-0.3, -0.25) is 0 Å². The number of benzene rings is 1. The fourth-order valence-electron chi connectivity index (χ4n) is 3.43. The number of nitrogens with zero attached hydrogens (tertiary/aromatic N) is 6. The average Bonchev–Trinajstić information content (AvgIpc) is 3.21. The topological polar surface area (TPSA) is 62.1 Å². The van der Waals surface area contributed by atoms with Crippen molar-refractivity contribution < 1.29 is 22.0 Å². The molecule has 0 spiro atoms. The van der Waals surface area contributed by atoms with Crippen molar-refractivity contribution in [2.75, 3.05) is 42.9 Å². The summed E-state index contributed by atoms with van der Waals surface area (Å²) in [6, 6.07) is 4.72. The summed E-state index contributed by atoms with van der Waals surface area (Å²) in [5, 5.41) is 6.69. The van der Waals surface area contributed by atoms with Gasteiger partial charge in [-0.1, -0.05) is 6.92 Å². The summed E-state index contributed by atoms with van der Waals surface area (Å²) in [5.41, 5.74) is -0.774. The van der Waals surface area contributed by atoms with Crippen molar-refractivity contribution in [1.29, 1.82) is 0 Å². The fourth-order valence-corrected chi connectivity index (χ4v) is 3.43.